The molecule has 2 heteroatoms. The molecule has 0 aliphatic carbocycles. The summed E-state index contributed by atoms with van der Waals surface area (Å²) in [5.74, 6) is -0.855. The maximum Gasteiger partial charge on any atom is 0.328 e. The summed E-state index contributed by atoms with van der Waals surface area (Å²) in [4.78, 5) is 10.5. The minimum Gasteiger partial charge on any atom is -0.478 e. The number of carbonyl (C=O) groups is 1. The Labute approximate surface area is 136 Å². The van der Waals surface area contributed by atoms with Crippen LogP contribution >= 0.6 is 0 Å². The molecule has 1 N–H and O–H groups in total. The van der Waals surface area contributed by atoms with Crippen molar-refractivity contribution in [3.63, 3.8) is 0 Å². The van der Waals surface area contributed by atoms with Gasteiger partial charge in [-0.2, -0.15) is 0 Å². The van der Waals surface area contributed by atoms with Gasteiger partial charge in [0, 0.05) is 6.08 Å². The molecule has 0 aliphatic heterocycles. The van der Waals surface area contributed by atoms with Crippen LogP contribution in [0.3, 0.4) is 0 Å². The Morgan fingerprint density at radius 2 is 1.14 bits per heavy atom. The molecule has 0 aromatic rings. The van der Waals surface area contributed by atoms with E-state index >= 15 is 0 Å². The summed E-state index contributed by atoms with van der Waals surface area (Å²) in [7, 11) is 0. The second kappa shape index (κ2) is 12.0. The van der Waals surface area contributed by atoms with E-state index in [1.54, 1.807) is 0 Å². The zero-order valence-electron chi connectivity index (χ0n) is 14.9. The van der Waals surface area contributed by atoms with Gasteiger partial charge < -0.3 is 5.11 Å². The van der Waals surface area contributed by atoms with Gasteiger partial charge in [-0.05, 0) is 73.1 Å². The lowest BCUT2D eigenvalue weighted by atomic mass is 10.0. The number of hydrogen-bond donors (Lipinski definition) is 1. The first-order valence-electron chi connectivity index (χ1n) is 8.16. The molecule has 0 amide bonds. The highest BCUT2D eigenvalue weighted by molar-refractivity contribution is 5.80. The van der Waals surface area contributed by atoms with E-state index in [1.807, 2.05) is 6.92 Å². The summed E-state index contributed by atoms with van der Waals surface area (Å²) in [6.45, 7) is 10.5. The number of allylic oxidation sites excluding steroid dienone is 7. The molecule has 0 aromatic heterocycles. The molecule has 0 heterocycles. The summed E-state index contributed by atoms with van der Waals surface area (Å²) in [6.07, 6.45) is 14.3. The van der Waals surface area contributed by atoms with Crippen LogP contribution in [0.4, 0.5) is 0 Å². The molecule has 0 radical (unpaired) electrons. The summed E-state index contributed by atoms with van der Waals surface area (Å²) >= 11 is 0. The van der Waals surface area contributed by atoms with Crippen molar-refractivity contribution in [3.8, 4) is 0 Å². The summed E-state index contributed by atoms with van der Waals surface area (Å²) in [6, 6.07) is 0. The second-order valence-corrected chi connectivity index (χ2v) is 6.33. The van der Waals surface area contributed by atoms with Crippen LogP contribution in [-0.2, 0) is 4.79 Å². The van der Waals surface area contributed by atoms with Crippen molar-refractivity contribution in [1.82, 2.24) is 0 Å². The third kappa shape index (κ3) is 13.4. The third-order valence-corrected chi connectivity index (χ3v) is 3.52. The fraction of sp³-hybridized carbons (Fsp3) is 0.550. The molecule has 0 atom stereocenters. The zero-order chi connectivity index (χ0) is 17.0. The maximum absolute atomic E-state index is 10.5. The highest BCUT2D eigenvalue weighted by Gasteiger charge is 1.95. The summed E-state index contributed by atoms with van der Waals surface area (Å²) in [5, 5.41) is 8.65. The van der Waals surface area contributed by atoms with Crippen LogP contribution in [0, 0.1) is 0 Å². The molecule has 0 spiro atoms. The van der Waals surface area contributed by atoms with Crippen LogP contribution in [0.25, 0.3) is 0 Å². The predicted molar refractivity (Wildman–Crippen MR) is 96.0 cm³/mol. The molecule has 0 saturated carbocycles. The maximum atomic E-state index is 10.5. The van der Waals surface area contributed by atoms with E-state index in [4.69, 9.17) is 5.11 Å². The van der Waals surface area contributed by atoms with Crippen molar-refractivity contribution in [1.29, 1.82) is 0 Å². The fourth-order valence-electron chi connectivity index (χ4n) is 2.17. The molecular formula is C20H32O2. The van der Waals surface area contributed by atoms with Crippen molar-refractivity contribution in [2.45, 2.75) is 73.1 Å². The molecule has 0 aliphatic rings. The number of rotatable bonds is 10. The minimum atomic E-state index is -0.855. The predicted octanol–water partition coefficient (Wildman–Crippen LogP) is 6.22. The molecule has 22 heavy (non-hydrogen) atoms. The Balaban J connectivity index is 4.01. The summed E-state index contributed by atoms with van der Waals surface area (Å²) < 4.78 is 0. The van der Waals surface area contributed by atoms with Crippen LogP contribution in [0.2, 0.25) is 0 Å². The van der Waals surface area contributed by atoms with E-state index in [0.717, 1.165) is 44.1 Å². The van der Waals surface area contributed by atoms with E-state index in [9.17, 15) is 4.79 Å². The van der Waals surface area contributed by atoms with Gasteiger partial charge in [-0.1, -0.05) is 40.5 Å². The second-order valence-electron chi connectivity index (χ2n) is 6.33. The van der Waals surface area contributed by atoms with Gasteiger partial charge in [-0.3, -0.25) is 0 Å². The molecule has 0 saturated heterocycles. The monoisotopic (exact) mass is 304 g/mol. The van der Waals surface area contributed by atoms with Gasteiger partial charge in [0.25, 0.3) is 0 Å². The average molecular weight is 304 g/mol. The van der Waals surface area contributed by atoms with Crippen molar-refractivity contribution < 1.29 is 9.90 Å². The first-order valence-corrected chi connectivity index (χ1v) is 8.16. The quantitative estimate of drug-likeness (QED) is 0.384. The van der Waals surface area contributed by atoms with E-state index in [2.05, 4.69) is 45.9 Å². The molecule has 0 rings (SSSR count). The molecule has 0 unspecified atom stereocenters. The van der Waals surface area contributed by atoms with Gasteiger partial charge in [0.1, 0.15) is 0 Å². The molecular weight excluding hydrogens is 272 g/mol. The molecule has 0 bridgehead atoms. The van der Waals surface area contributed by atoms with Gasteiger partial charge in [-0.25, -0.2) is 4.79 Å². The van der Waals surface area contributed by atoms with Gasteiger partial charge in [-0.15, -0.1) is 0 Å². The lowest BCUT2D eigenvalue weighted by molar-refractivity contribution is -0.131. The zero-order valence-corrected chi connectivity index (χ0v) is 14.9. The van der Waals surface area contributed by atoms with Crippen LogP contribution < -0.4 is 0 Å². The Bertz CT molecular complexity index is 458. The Kier molecular flexibility index (Phi) is 11.2. The smallest absolute Gasteiger partial charge is 0.328 e. The van der Waals surface area contributed by atoms with Crippen molar-refractivity contribution in [2.24, 2.45) is 0 Å². The highest BCUT2D eigenvalue weighted by Crippen LogP contribution is 2.13. The van der Waals surface area contributed by atoms with Gasteiger partial charge in [0.15, 0.2) is 0 Å². The van der Waals surface area contributed by atoms with Gasteiger partial charge >= 0.3 is 5.97 Å². The number of aliphatic carboxylic acids is 1. The minimum absolute atomic E-state index is 0.821. The van der Waals surface area contributed by atoms with Crippen LogP contribution in [0.5, 0.6) is 0 Å². The largest absolute Gasteiger partial charge is 0.478 e. The van der Waals surface area contributed by atoms with E-state index in [1.165, 1.54) is 22.8 Å². The van der Waals surface area contributed by atoms with Crippen LogP contribution in [0.1, 0.15) is 73.1 Å². The third-order valence-electron chi connectivity index (χ3n) is 3.52. The fourth-order valence-corrected chi connectivity index (χ4v) is 2.17. The molecule has 0 aromatic carbocycles. The Morgan fingerprint density at radius 1 is 0.727 bits per heavy atom. The van der Waals surface area contributed by atoms with Crippen molar-refractivity contribution in [2.75, 3.05) is 0 Å². The van der Waals surface area contributed by atoms with E-state index in [0.29, 0.717) is 0 Å². The van der Waals surface area contributed by atoms with Gasteiger partial charge in [0.2, 0.25) is 0 Å². The lowest BCUT2D eigenvalue weighted by Crippen LogP contribution is -1.89. The lowest BCUT2D eigenvalue weighted by Gasteiger charge is -2.02. The van der Waals surface area contributed by atoms with Crippen LogP contribution in [0.15, 0.2) is 46.6 Å². The highest BCUT2D eigenvalue weighted by atomic mass is 16.4. The van der Waals surface area contributed by atoms with Gasteiger partial charge in [0.05, 0.1) is 0 Å². The standard InChI is InChI=1S/C20H32O2/c1-16(2)9-6-10-17(3)11-7-12-18(4)13-8-14-19(5)15-20(21)22/h9,11,13,15H,6-8,10,12,14H2,1-5H3,(H,21,22)/b17-11+,18-13?,19-15+. The SMILES string of the molecule is CC(C)=CCC/C(C)=C/CCC(C)=CCC/C(C)=C/C(=O)O. The summed E-state index contributed by atoms with van der Waals surface area (Å²) in [5.41, 5.74) is 5.16. The van der Waals surface area contributed by atoms with E-state index in [-0.39, 0.29) is 0 Å². The molecule has 2 nitrogen and oxygen atoms in total. The van der Waals surface area contributed by atoms with Crippen molar-refractivity contribution >= 4 is 5.97 Å². The number of carboxylic acids is 1. The molecule has 124 valence electrons. The first kappa shape index (κ1) is 20.4. The normalized spacial score (nSPS) is 13.2. The van der Waals surface area contributed by atoms with Crippen molar-refractivity contribution in [3.05, 3.63) is 46.6 Å². The topological polar surface area (TPSA) is 37.3 Å². The first-order chi connectivity index (χ1) is 10.3. The van der Waals surface area contributed by atoms with E-state index < -0.39 is 5.97 Å². The Hall–Kier alpha value is -1.57. The molecule has 0 fully saturated rings. The average Bonchev–Trinajstić information content (AvgIpc) is 2.37. The number of hydrogen-bond acceptors (Lipinski definition) is 1. The number of carboxylic acid groups (broad SMARTS) is 1. The Morgan fingerprint density at radius 3 is 1.55 bits per heavy atom. The van der Waals surface area contributed by atoms with Crippen LogP contribution in [-0.4, -0.2) is 11.1 Å².